The molecule has 1 aromatic rings. The van der Waals surface area contributed by atoms with E-state index in [2.05, 4.69) is 0 Å². The van der Waals surface area contributed by atoms with E-state index in [0.29, 0.717) is 5.75 Å². The summed E-state index contributed by atoms with van der Waals surface area (Å²) in [5, 5.41) is 0. The van der Waals surface area contributed by atoms with Gasteiger partial charge in [-0.15, -0.1) is 0 Å². The first-order valence-electron chi connectivity index (χ1n) is 4.63. The number of methoxy groups -OCH3 is 1. The second-order valence-electron chi connectivity index (χ2n) is 3.11. The highest BCUT2D eigenvalue weighted by atomic mass is 19.4. The van der Waals surface area contributed by atoms with Crippen LogP contribution in [0.4, 0.5) is 13.2 Å². The highest BCUT2D eigenvalue weighted by molar-refractivity contribution is 5.26. The second kappa shape index (κ2) is 5.75. The van der Waals surface area contributed by atoms with Gasteiger partial charge < -0.3 is 9.47 Å². The molecule has 0 bridgehead atoms. The fraction of sp³-hybridized carbons (Fsp3) is 0.364. The van der Waals surface area contributed by atoms with Crippen LogP contribution in [0.3, 0.4) is 0 Å². The van der Waals surface area contributed by atoms with Gasteiger partial charge in [0.15, 0.2) is 0 Å². The van der Waals surface area contributed by atoms with E-state index in [1.165, 1.54) is 0 Å². The lowest BCUT2D eigenvalue weighted by Crippen LogP contribution is -2.12. The summed E-state index contributed by atoms with van der Waals surface area (Å²) in [6, 6.07) is 6.94. The molecule has 0 saturated carbocycles. The number of rotatable bonds is 5. The largest absolute Gasteiger partial charge is 0.497 e. The maximum absolute atomic E-state index is 11.7. The minimum absolute atomic E-state index is 0.149. The van der Waals surface area contributed by atoms with Gasteiger partial charge in [0.25, 0.3) is 0 Å². The summed E-state index contributed by atoms with van der Waals surface area (Å²) >= 11 is 0. The quantitative estimate of drug-likeness (QED) is 0.728. The summed E-state index contributed by atoms with van der Waals surface area (Å²) in [4.78, 5) is 0. The zero-order valence-corrected chi connectivity index (χ0v) is 8.75. The zero-order valence-electron chi connectivity index (χ0n) is 8.75. The molecule has 1 radical (unpaired) electrons. The summed E-state index contributed by atoms with van der Waals surface area (Å²) in [7, 11) is 1.55. The molecule has 0 amide bonds. The molecule has 0 atom stereocenters. The SMILES string of the molecule is COc1ccc(COC[CH]C(F)(F)F)cc1. The van der Waals surface area contributed by atoms with E-state index in [9.17, 15) is 13.2 Å². The van der Waals surface area contributed by atoms with E-state index in [1.807, 2.05) is 0 Å². The minimum atomic E-state index is -4.28. The van der Waals surface area contributed by atoms with Gasteiger partial charge in [-0.25, -0.2) is 0 Å². The van der Waals surface area contributed by atoms with E-state index >= 15 is 0 Å². The van der Waals surface area contributed by atoms with Gasteiger partial charge in [0.1, 0.15) is 5.75 Å². The van der Waals surface area contributed by atoms with E-state index in [-0.39, 0.29) is 13.0 Å². The molecule has 0 aliphatic carbocycles. The summed E-state index contributed by atoms with van der Waals surface area (Å²) in [6.45, 7) is -0.286. The molecule has 0 saturated heterocycles. The zero-order chi connectivity index (χ0) is 12.0. The van der Waals surface area contributed by atoms with Crippen LogP contribution in [0.2, 0.25) is 0 Å². The lowest BCUT2D eigenvalue weighted by atomic mass is 10.2. The van der Waals surface area contributed by atoms with Gasteiger partial charge in [-0.3, -0.25) is 0 Å². The van der Waals surface area contributed by atoms with Crippen molar-refractivity contribution < 1.29 is 22.6 Å². The molecule has 1 rings (SSSR count). The van der Waals surface area contributed by atoms with Crippen LogP contribution in [0.25, 0.3) is 0 Å². The fourth-order valence-corrected chi connectivity index (χ4v) is 1.05. The standard InChI is InChI=1S/C11H12F3O2/c1-15-10-4-2-9(3-5-10)8-16-7-6-11(12,13)14/h2-6H,7-8H2,1H3. The van der Waals surface area contributed by atoms with Gasteiger partial charge in [-0.1, -0.05) is 12.1 Å². The Morgan fingerprint density at radius 1 is 1.19 bits per heavy atom. The normalized spacial score (nSPS) is 11.5. The predicted molar refractivity (Wildman–Crippen MR) is 53.0 cm³/mol. The molecule has 1 aromatic carbocycles. The molecule has 0 N–H and O–H groups in total. The lowest BCUT2D eigenvalue weighted by Gasteiger charge is -2.07. The Morgan fingerprint density at radius 3 is 2.31 bits per heavy atom. The fourth-order valence-electron chi connectivity index (χ4n) is 1.05. The Kier molecular flexibility index (Phi) is 4.61. The third kappa shape index (κ3) is 5.02. The van der Waals surface area contributed by atoms with Crippen molar-refractivity contribution >= 4 is 0 Å². The molecular weight excluding hydrogens is 221 g/mol. The number of benzene rings is 1. The first-order valence-corrected chi connectivity index (χ1v) is 4.63. The molecule has 0 spiro atoms. The lowest BCUT2D eigenvalue weighted by molar-refractivity contribution is -0.106. The first-order chi connectivity index (χ1) is 7.51. The van der Waals surface area contributed by atoms with Crippen LogP contribution in [0, 0.1) is 6.42 Å². The van der Waals surface area contributed by atoms with Gasteiger partial charge in [0, 0.05) is 0 Å². The van der Waals surface area contributed by atoms with Crippen LogP contribution in [-0.4, -0.2) is 19.9 Å². The first kappa shape index (κ1) is 12.8. The Hall–Kier alpha value is -1.23. The molecule has 0 heterocycles. The summed E-state index contributed by atoms with van der Waals surface area (Å²) in [5.74, 6) is 0.700. The van der Waals surface area contributed by atoms with Crippen LogP contribution < -0.4 is 4.74 Å². The van der Waals surface area contributed by atoms with Crippen LogP contribution in [0.15, 0.2) is 24.3 Å². The number of hydrogen-bond acceptors (Lipinski definition) is 2. The van der Waals surface area contributed by atoms with Crippen LogP contribution >= 0.6 is 0 Å². The number of hydrogen-bond donors (Lipinski definition) is 0. The van der Waals surface area contributed by atoms with Crippen molar-refractivity contribution in [1.82, 2.24) is 0 Å². The maximum Gasteiger partial charge on any atom is 0.394 e. The number of halogens is 3. The molecule has 89 valence electrons. The van der Waals surface area contributed by atoms with Gasteiger partial charge in [0.05, 0.1) is 26.7 Å². The molecule has 0 aliphatic rings. The monoisotopic (exact) mass is 233 g/mol. The number of ether oxygens (including phenoxy) is 2. The molecule has 5 heteroatoms. The molecule has 0 fully saturated rings. The van der Waals surface area contributed by atoms with Crippen molar-refractivity contribution in [2.75, 3.05) is 13.7 Å². The van der Waals surface area contributed by atoms with E-state index in [4.69, 9.17) is 9.47 Å². The second-order valence-corrected chi connectivity index (χ2v) is 3.11. The van der Waals surface area contributed by atoms with E-state index in [1.54, 1.807) is 31.4 Å². The predicted octanol–water partition coefficient (Wildman–Crippen LogP) is 2.98. The molecule has 0 aromatic heterocycles. The number of alkyl halides is 3. The van der Waals surface area contributed by atoms with Crippen molar-refractivity contribution in [1.29, 1.82) is 0 Å². The topological polar surface area (TPSA) is 18.5 Å². The van der Waals surface area contributed by atoms with Crippen molar-refractivity contribution in [3.63, 3.8) is 0 Å². The minimum Gasteiger partial charge on any atom is -0.497 e. The van der Waals surface area contributed by atoms with Crippen LogP contribution in [0.1, 0.15) is 5.56 Å². The smallest absolute Gasteiger partial charge is 0.394 e. The Bertz CT molecular complexity index is 306. The van der Waals surface area contributed by atoms with Crippen LogP contribution in [0.5, 0.6) is 5.75 Å². The average molecular weight is 233 g/mol. The molecule has 2 nitrogen and oxygen atoms in total. The van der Waals surface area contributed by atoms with Gasteiger partial charge in [0.2, 0.25) is 0 Å². The van der Waals surface area contributed by atoms with Gasteiger partial charge >= 0.3 is 6.18 Å². The Balaban J connectivity index is 2.27. The van der Waals surface area contributed by atoms with Gasteiger partial charge in [-0.2, -0.15) is 13.2 Å². The van der Waals surface area contributed by atoms with Crippen molar-refractivity contribution in [2.45, 2.75) is 12.8 Å². The van der Waals surface area contributed by atoms with Crippen molar-refractivity contribution in [3.8, 4) is 5.75 Å². The highest BCUT2D eigenvalue weighted by Gasteiger charge is 2.26. The Morgan fingerprint density at radius 2 is 1.81 bits per heavy atom. The van der Waals surface area contributed by atoms with Crippen LogP contribution in [-0.2, 0) is 11.3 Å². The summed E-state index contributed by atoms with van der Waals surface area (Å²) in [6.07, 6.45) is -4.10. The molecule has 0 unspecified atom stereocenters. The Labute approximate surface area is 92.0 Å². The van der Waals surface area contributed by atoms with Crippen molar-refractivity contribution in [3.05, 3.63) is 36.2 Å². The maximum atomic E-state index is 11.7. The van der Waals surface area contributed by atoms with E-state index < -0.39 is 12.8 Å². The summed E-state index contributed by atoms with van der Waals surface area (Å²) in [5.41, 5.74) is 0.802. The molecular formula is C11H12F3O2. The molecule has 16 heavy (non-hydrogen) atoms. The third-order valence-corrected chi connectivity index (χ3v) is 1.86. The summed E-state index contributed by atoms with van der Waals surface area (Å²) < 4.78 is 45.0. The average Bonchev–Trinajstić information content (AvgIpc) is 2.24. The van der Waals surface area contributed by atoms with E-state index in [0.717, 1.165) is 5.56 Å². The third-order valence-electron chi connectivity index (χ3n) is 1.86. The van der Waals surface area contributed by atoms with Crippen molar-refractivity contribution in [2.24, 2.45) is 0 Å². The molecule has 0 aliphatic heterocycles. The highest BCUT2D eigenvalue weighted by Crippen LogP contribution is 2.18. The van der Waals surface area contributed by atoms with Gasteiger partial charge in [-0.05, 0) is 17.7 Å².